The van der Waals surface area contributed by atoms with Crippen LogP contribution in [0.3, 0.4) is 0 Å². The Kier molecular flexibility index (Phi) is 6.10. The first-order valence-electron chi connectivity index (χ1n) is 7.47. The van der Waals surface area contributed by atoms with Gasteiger partial charge >= 0.3 is 0 Å². The number of anilines is 1. The van der Waals surface area contributed by atoms with Crippen molar-refractivity contribution in [2.75, 3.05) is 32.1 Å². The number of hydrogen-bond donors (Lipinski definition) is 1. The van der Waals surface area contributed by atoms with Crippen LogP contribution < -0.4 is 10.1 Å². The smallest absolute Gasteiger partial charge is 0.119 e. The van der Waals surface area contributed by atoms with Crippen molar-refractivity contribution in [3.63, 3.8) is 0 Å². The molecular weight excluding hydrogens is 260 g/mol. The first-order chi connectivity index (χ1) is 10.3. The fourth-order valence-corrected chi connectivity index (χ4v) is 2.20. The maximum atomic E-state index is 5.43. The Morgan fingerprint density at radius 3 is 2.38 bits per heavy atom. The minimum Gasteiger partial charge on any atom is -0.494 e. The van der Waals surface area contributed by atoms with Crippen LogP contribution in [-0.2, 0) is 6.54 Å². The monoisotopic (exact) mass is 284 g/mol. The van der Waals surface area contributed by atoms with Crippen LogP contribution in [0.25, 0.3) is 0 Å². The molecule has 0 atom stereocenters. The molecule has 2 aromatic rings. The van der Waals surface area contributed by atoms with Crippen molar-refractivity contribution in [2.24, 2.45) is 0 Å². The minimum absolute atomic E-state index is 0.705. The first-order valence-corrected chi connectivity index (χ1v) is 7.47. The molecule has 0 unspecified atom stereocenters. The Balaban J connectivity index is 1.71. The molecule has 0 fully saturated rings. The molecule has 1 N–H and O–H groups in total. The van der Waals surface area contributed by atoms with Crippen molar-refractivity contribution in [1.82, 2.24) is 4.90 Å². The molecule has 0 aliphatic carbocycles. The third-order valence-electron chi connectivity index (χ3n) is 3.28. The molecular formula is C18H24N2O. The van der Waals surface area contributed by atoms with Gasteiger partial charge in [-0.25, -0.2) is 0 Å². The summed E-state index contributed by atoms with van der Waals surface area (Å²) >= 11 is 0. The molecule has 21 heavy (non-hydrogen) atoms. The second-order valence-corrected chi connectivity index (χ2v) is 5.11. The molecule has 0 aliphatic rings. The summed E-state index contributed by atoms with van der Waals surface area (Å²) in [6, 6.07) is 18.7. The van der Waals surface area contributed by atoms with Crippen molar-refractivity contribution < 1.29 is 4.74 Å². The van der Waals surface area contributed by atoms with E-state index in [0.717, 1.165) is 31.1 Å². The molecule has 3 nitrogen and oxygen atoms in total. The van der Waals surface area contributed by atoms with Crippen molar-refractivity contribution in [3.05, 3.63) is 60.2 Å². The van der Waals surface area contributed by atoms with Crippen LogP contribution in [0.15, 0.2) is 54.6 Å². The number of likely N-dealkylation sites (N-methyl/N-ethyl adjacent to an activating group) is 1. The van der Waals surface area contributed by atoms with Crippen LogP contribution in [0.5, 0.6) is 5.75 Å². The van der Waals surface area contributed by atoms with Crippen molar-refractivity contribution in [2.45, 2.75) is 13.5 Å². The van der Waals surface area contributed by atoms with Gasteiger partial charge in [0.1, 0.15) is 5.75 Å². The van der Waals surface area contributed by atoms with E-state index < -0.39 is 0 Å². The molecule has 0 aromatic heterocycles. The van der Waals surface area contributed by atoms with Gasteiger partial charge in [-0.15, -0.1) is 0 Å². The maximum Gasteiger partial charge on any atom is 0.119 e. The SMILES string of the molecule is CCOc1ccc(NCCN(C)Cc2ccccc2)cc1. The van der Waals surface area contributed by atoms with Gasteiger partial charge in [0.25, 0.3) is 0 Å². The molecule has 0 saturated heterocycles. The summed E-state index contributed by atoms with van der Waals surface area (Å²) in [7, 11) is 2.15. The topological polar surface area (TPSA) is 24.5 Å². The molecule has 3 heteroatoms. The second-order valence-electron chi connectivity index (χ2n) is 5.11. The van der Waals surface area contributed by atoms with E-state index in [4.69, 9.17) is 4.74 Å². The quantitative estimate of drug-likeness (QED) is 0.801. The average molecular weight is 284 g/mol. The van der Waals surface area contributed by atoms with Gasteiger partial charge in [0.15, 0.2) is 0 Å². The van der Waals surface area contributed by atoms with Crippen molar-refractivity contribution >= 4 is 5.69 Å². The first kappa shape index (κ1) is 15.4. The van der Waals surface area contributed by atoms with E-state index in [1.54, 1.807) is 0 Å². The Morgan fingerprint density at radius 2 is 1.71 bits per heavy atom. The Morgan fingerprint density at radius 1 is 1.00 bits per heavy atom. The average Bonchev–Trinajstić information content (AvgIpc) is 2.50. The van der Waals surface area contributed by atoms with Crippen LogP contribution >= 0.6 is 0 Å². The summed E-state index contributed by atoms with van der Waals surface area (Å²) in [5, 5.41) is 3.43. The number of nitrogens with one attached hydrogen (secondary N) is 1. The largest absolute Gasteiger partial charge is 0.494 e. The van der Waals surface area contributed by atoms with E-state index in [-0.39, 0.29) is 0 Å². The van der Waals surface area contributed by atoms with Gasteiger partial charge in [0, 0.05) is 25.3 Å². The highest BCUT2D eigenvalue weighted by Crippen LogP contribution is 2.15. The summed E-state index contributed by atoms with van der Waals surface area (Å²) in [6.45, 7) is 5.61. The third kappa shape index (κ3) is 5.48. The van der Waals surface area contributed by atoms with Gasteiger partial charge < -0.3 is 15.0 Å². The van der Waals surface area contributed by atoms with Gasteiger partial charge in [-0.1, -0.05) is 30.3 Å². The third-order valence-corrected chi connectivity index (χ3v) is 3.28. The Hall–Kier alpha value is -2.00. The fraction of sp³-hybridized carbons (Fsp3) is 0.333. The van der Waals surface area contributed by atoms with Gasteiger partial charge in [0.05, 0.1) is 6.61 Å². The van der Waals surface area contributed by atoms with Crippen LogP contribution in [-0.4, -0.2) is 31.6 Å². The number of hydrogen-bond acceptors (Lipinski definition) is 3. The lowest BCUT2D eigenvalue weighted by Crippen LogP contribution is -2.24. The molecule has 0 spiro atoms. The molecule has 2 aromatic carbocycles. The predicted octanol–water partition coefficient (Wildman–Crippen LogP) is 3.63. The number of ether oxygens (including phenoxy) is 1. The van der Waals surface area contributed by atoms with Crippen LogP contribution in [0.1, 0.15) is 12.5 Å². The Labute approximate surface area is 127 Å². The van der Waals surface area contributed by atoms with Gasteiger partial charge in [-0.3, -0.25) is 0 Å². The van der Waals surface area contributed by atoms with E-state index in [9.17, 15) is 0 Å². The number of benzene rings is 2. The molecule has 0 saturated carbocycles. The van der Waals surface area contributed by atoms with E-state index in [0.29, 0.717) is 6.61 Å². The highest BCUT2D eigenvalue weighted by molar-refractivity contribution is 5.46. The summed E-state index contributed by atoms with van der Waals surface area (Å²) in [5.41, 5.74) is 2.48. The van der Waals surface area contributed by atoms with Crippen LogP contribution in [0.2, 0.25) is 0 Å². The van der Waals surface area contributed by atoms with E-state index >= 15 is 0 Å². The van der Waals surface area contributed by atoms with E-state index in [2.05, 4.69) is 59.7 Å². The summed E-state index contributed by atoms with van der Waals surface area (Å²) in [5.74, 6) is 0.921. The lowest BCUT2D eigenvalue weighted by molar-refractivity contribution is 0.339. The highest BCUT2D eigenvalue weighted by atomic mass is 16.5. The molecule has 112 valence electrons. The van der Waals surface area contributed by atoms with Gasteiger partial charge in [-0.05, 0) is 43.8 Å². The van der Waals surface area contributed by atoms with Crippen LogP contribution in [0, 0.1) is 0 Å². The molecule has 0 heterocycles. The molecule has 2 rings (SSSR count). The lowest BCUT2D eigenvalue weighted by Gasteiger charge is -2.17. The summed E-state index contributed by atoms with van der Waals surface area (Å²) < 4.78 is 5.43. The summed E-state index contributed by atoms with van der Waals surface area (Å²) in [6.07, 6.45) is 0. The zero-order valence-corrected chi connectivity index (χ0v) is 12.9. The zero-order valence-electron chi connectivity index (χ0n) is 12.9. The normalized spacial score (nSPS) is 10.6. The highest BCUT2D eigenvalue weighted by Gasteiger charge is 2.00. The molecule has 0 radical (unpaired) electrons. The second kappa shape index (κ2) is 8.32. The molecule has 0 bridgehead atoms. The predicted molar refractivity (Wildman–Crippen MR) is 88.9 cm³/mol. The van der Waals surface area contributed by atoms with Crippen molar-refractivity contribution in [3.8, 4) is 5.75 Å². The van der Waals surface area contributed by atoms with E-state index in [1.807, 2.05) is 19.1 Å². The van der Waals surface area contributed by atoms with Gasteiger partial charge in [-0.2, -0.15) is 0 Å². The number of nitrogens with zero attached hydrogens (tertiary/aromatic N) is 1. The van der Waals surface area contributed by atoms with E-state index in [1.165, 1.54) is 5.56 Å². The van der Waals surface area contributed by atoms with Crippen molar-refractivity contribution in [1.29, 1.82) is 0 Å². The molecule has 0 aliphatic heterocycles. The Bertz CT molecular complexity index is 511. The van der Waals surface area contributed by atoms with Gasteiger partial charge in [0.2, 0.25) is 0 Å². The summed E-state index contributed by atoms with van der Waals surface area (Å²) in [4.78, 5) is 2.32. The standard InChI is InChI=1S/C18H24N2O/c1-3-21-18-11-9-17(10-12-18)19-13-14-20(2)15-16-7-5-4-6-8-16/h4-12,19H,3,13-15H2,1-2H3. The zero-order chi connectivity index (χ0) is 14.9. The number of rotatable bonds is 8. The lowest BCUT2D eigenvalue weighted by atomic mass is 10.2. The maximum absolute atomic E-state index is 5.43. The fourth-order valence-electron chi connectivity index (χ4n) is 2.20. The minimum atomic E-state index is 0.705. The molecule has 0 amide bonds. The van der Waals surface area contributed by atoms with Crippen LogP contribution in [0.4, 0.5) is 5.69 Å².